The topological polar surface area (TPSA) is 41.7 Å². The molecule has 2 aliphatic rings. The van der Waals surface area contributed by atoms with Crippen LogP contribution in [-0.4, -0.2) is 68.8 Å². The lowest BCUT2D eigenvalue weighted by Crippen LogP contribution is -2.51. The highest BCUT2D eigenvalue weighted by Gasteiger charge is 2.25. The van der Waals surface area contributed by atoms with E-state index in [1.54, 1.807) is 0 Å². The lowest BCUT2D eigenvalue weighted by Gasteiger charge is -2.39. The summed E-state index contributed by atoms with van der Waals surface area (Å²) < 4.78 is 5.41. The number of nitrogens with two attached hydrogens (primary N) is 1. The predicted molar refractivity (Wildman–Crippen MR) is 74.7 cm³/mol. The van der Waals surface area contributed by atoms with Gasteiger partial charge in [-0.15, -0.1) is 0 Å². The van der Waals surface area contributed by atoms with Gasteiger partial charge in [0.05, 0.1) is 0 Å². The van der Waals surface area contributed by atoms with Gasteiger partial charge in [0.2, 0.25) is 0 Å². The first-order chi connectivity index (χ1) is 8.65. The Morgan fingerprint density at radius 3 is 2.61 bits per heavy atom. The van der Waals surface area contributed by atoms with E-state index in [1.807, 2.05) is 0 Å². The van der Waals surface area contributed by atoms with Crippen LogP contribution in [0.25, 0.3) is 0 Å². The Balaban J connectivity index is 1.73. The summed E-state index contributed by atoms with van der Waals surface area (Å²) in [5.74, 6) is 0.792. The van der Waals surface area contributed by atoms with Crippen LogP contribution in [0.4, 0.5) is 0 Å². The first-order valence-electron chi connectivity index (χ1n) is 7.37. The molecule has 2 heterocycles. The number of hydrogen-bond acceptors (Lipinski definition) is 4. The minimum atomic E-state index is 0.354. The quantitative estimate of drug-likeness (QED) is 0.805. The molecule has 0 radical (unpaired) electrons. The van der Waals surface area contributed by atoms with Gasteiger partial charge in [0.1, 0.15) is 0 Å². The zero-order valence-electron chi connectivity index (χ0n) is 12.0. The van der Waals surface area contributed by atoms with Crippen LogP contribution >= 0.6 is 0 Å². The molecule has 2 fully saturated rings. The van der Waals surface area contributed by atoms with Gasteiger partial charge >= 0.3 is 0 Å². The molecule has 18 heavy (non-hydrogen) atoms. The lowest BCUT2D eigenvalue weighted by molar-refractivity contribution is 0.0579. The molecule has 2 atom stereocenters. The van der Waals surface area contributed by atoms with Gasteiger partial charge in [-0.3, -0.25) is 0 Å². The highest BCUT2D eigenvalue weighted by Crippen LogP contribution is 2.22. The van der Waals surface area contributed by atoms with Crippen molar-refractivity contribution in [1.82, 2.24) is 9.80 Å². The van der Waals surface area contributed by atoms with Crippen LogP contribution in [0.15, 0.2) is 0 Å². The van der Waals surface area contributed by atoms with Gasteiger partial charge in [-0.25, -0.2) is 0 Å². The fourth-order valence-corrected chi connectivity index (χ4v) is 3.21. The van der Waals surface area contributed by atoms with Gasteiger partial charge in [0, 0.05) is 44.9 Å². The van der Waals surface area contributed by atoms with E-state index in [0.717, 1.165) is 32.1 Å². The molecule has 0 aliphatic carbocycles. The summed E-state index contributed by atoms with van der Waals surface area (Å²) in [4.78, 5) is 4.90. The minimum absolute atomic E-state index is 0.354. The maximum atomic E-state index is 6.36. The monoisotopic (exact) mass is 255 g/mol. The Kier molecular flexibility index (Phi) is 5.42. The SMILES string of the molecule is CN1CCN(C)C(CC(N)CC2CCOCC2)C1. The van der Waals surface area contributed by atoms with Crippen molar-refractivity contribution in [2.75, 3.05) is 46.9 Å². The third-order valence-corrected chi connectivity index (χ3v) is 4.53. The summed E-state index contributed by atoms with van der Waals surface area (Å²) in [6, 6.07) is 0.991. The second kappa shape index (κ2) is 6.85. The largest absolute Gasteiger partial charge is 0.381 e. The van der Waals surface area contributed by atoms with Crippen LogP contribution in [0.1, 0.15) is 25.7 Å². The molecule has 2 unspecified atom stereocenters. The first-order valence-corrected chi connectivity index (χ1v) is 7.37. The van der Waals surface area contributed by atoms with E-state index in [1.165, 1.54) is 32.4 Å². The summed E-state index contributed by atoms with van der Waals surface area (Å²) in [5.41, 5.74) is 6.36. The van der Waals surface area contributed by atoms with E-state index in [2.05, 4.69) is 23.9 Å². The van der Waals surface area contributed by atoms with Gasteiger partial charge in [-0.2, -0.15) is 0 Å². The fraction of sp³-hybridized carbons (Fsp3) is 1.00. The zero-order valence-corrected chi connectivity index (χ0v) is 12.0. The summed E-state index contributed by atoms with van der Waals surface area (Å²) in [6.45, 7) is 5.39. The number of rotatable bonds is 4. The van der Waals surface area contributed by atoms with Gasteiger partial charge in [0.25, 0.3) is 0 Å². The molecule has 0 saturated carbocycles. The smallest absolute Gasteiger partial charge is 0.0468 e. The Morgan fingerprint density at radius 2 is 1.89 bits per heavy atom. The predicted octanol–water partition coefficient (Wildman–Crippen LogP) is 0.766. The standard InChI is InChI=1S/C14H29N3O/c1-16-5-6-17(2)14(11-16)10-13(15)9-12-3-7-18-8-4-12/h12-14H,3-11,15H2,1-2H3. The van der Waals surface area contributed by atoms with Gasteiger partial charge in [0.15, 0.2) is 0 Å². The van der Waals surface area contributed by atoms with Crippen molar-refractivity contribution in [2.45, 2.75) is 37.8 Å². The molecule has 2 saturated heterocycles. The molecule has 0 aromatic carbocycles. The lowest BCUT2D eigenvalue weighted by atomic mass is 9.90. The van der Waals surface area contributed by atoms with Gasteiger partial charge in [-0.1, -0.05) is 0 Å². The average molecular weight is 255 g/mol. The number of ether oxygens (including phenoxy) is 1. The summed E-state index contributed by atoms with van der Waals surface area (Å²) in [5, 5.41) is 0. The van der Waals surface area contributed by atoms with Crippen molar-refractivity contribution in [3.8, 4) is 0 Å². The fourth-order valence-electron chi connectivity index (χ4n) is 3.21. The summed E-state index contributed by atoms with van der Waals surface area (Å²) in [6.07, 6.45) is 4.72. The molecular formula is C14H29N3O. The van der Waals surface area contributed by atoms with E-state index in [-0.39, 0.29) is 0 Å². The number of likely N-dealkylation sites (N-methyl/N-ethyl adjacent to an activating group) is 2. The summed E-state index contributed by atoms with van der Waals surface area (Å²) in [7, 11) is 4.45. The number of nitrogens with zero attached hydrogens (tertiary/aromatic N) is 2. The summed E-state index contributed by atoms with van der Waals surface area (Å²) >= 11 is 0. The Morgan fingerprint density at radius 1 is 1.17 bits per heavy atom. The number of hydrogen-bond donors (Lipinski definition) is 1. The molecule has 0 aromatic rings. The molecule has 0 amide bonds. The molecule has 0 bridgehead atoms. The molecule has 4 heteroatoms. The van der Waals surface area contributed by atoms with Crippen LogP contribution in [-0.2, 0) is 4.74 Å². The Labute approximate surface area is 111 Å². The molecule has 2 rings (SSSR count). The van der Waals surface area contributed by atoms with E-state index in [4.69, 9.17) is 10.5 Å². The van der Waals surface area contributed by atoms with E-state index >= 15 is 0 Å². The number of piperazine rings is 1. The van der Waals surface area contributed by atoms with Crippen molar-refractivity contribution < 1.29 is 4.74 Å². The second-order valence-electron chi connectivity index (χ2n) is 6.18. The van der Waals surface area contributed by atoms with Crippen molar-refractivity contribution >= 4 is 0 Å². The van der Waals surface area contributed by atoms with Crippen molar-refractivity contribution in [3.63, 3.8) is 0 Å². The second-order valence-corrected chi connectivity index (χ2v) is 6.18. The molecular weight excluding hydrogens is 226 g/mol. The maximum Gasteiger partial charge on any atom is 0.0468 e. The van der Waals surface area contributed by atoms with Crippen molar-refractivity contribution in [1.29, 1.82) is 0 Å². The highest BCUT2D eigenvalue weighted by atomic mass is 16.5. The minimum Gasteiger partial charge on any atom is -0.381 e. The third kappa shape index (κ3) is 4.19. The van der Waals surface area contributed by atoms with Gasteiger partial charge < -0.3 is 20.3 Å². The van der Waals surface area contributed by atoms with Crippen molar-refractivity contribution in [3.05, 3.63) is 0 Å². The Bertz CT molecular complexity index is 243. The van der Waals surface area contributed by atoms with E-state index < -0.39 is 0 Å². The molecule has 0 aromatic heterocycles. The molecule has 4 nitrogen and oxygen atoms in total. The Hall–Kier alpha value is -0.160. The highest BCUT2D eigenvalue weighted by molar-refractivity contribution is 4.83. The average Bonchev–Trinajstić information content (AvgIpc) is 2.35. The van der Waals surface area contributed by atoms with Crippen LogP contribution in [0.2, 0.25) is 0 Å². The van der Waals surface area contributed by atoms with E-state index in [0.29, 0.717) is 12.1 Å². The molecule has 2 aliphatic heterocycles. The van der Waals surface area contributed by atoms with Crippen LogP contribution in [0, 0.1) is 5.92 Å². The molecule has 2 N–H and O–H groups in total. The first kappa shape index (κ1) is 14.3. The van der Waals surface area contributed by atoms with Crippen LogP contribution in [0.5, 0.6) is 0 Å². The normalized spacial score (nSPS) is 30.5. The molecule has 0 spiro atoms. The molecule has 106 valence electrons. The zero-order chi connectivity index (χ0) is 13.0. The maximum absolute atomic E-state index is 6.36. The van der Waals surface area contributed by atoms with Crippen LogP contribution < -0.4 is 5.73 Å². The van der Waals surface area contributed by atoms with Crippen LogP contribution in [0.3, 0.4) is 0 Å². The third-order valence-electron chi connectivity index (χ3n) is 4.53. The van der Waals surface area contributed by atoms with Crippen molar-refractivity contribution in [2.24, 2.45) is 11.7 Å². The van der Waals surface area contributed by atoms with E-state index in [9.17, 15) is 0 Å². The van der Waals surface area contributed by atoms with Gasteiger partial charge in [-0.05, 0) is 45.7 Å².